The van der Waals surface area contributed by atoms with Crippen LogP contribution in [0.25, 0.3) is 10.9 Å². The third-order valence-corrected chi connectivity index (χ3v) is 5.13. The van der Waals surface area contributed by atoms with E-state index in [-0.39, 0.29) is 17.9 Å². The highest BCUT2D eigenvalue weighted by Crippen LogP contribution is 2.43. The van der Waals surface area contributed by atoms with E-state index in [1.54, 1.807) is 6.07 Å². The van der Waals surface area contributed by atoms with Crippen LogP contribution in [0.1, 0.15) is 34.9 Å². The fourth-order valence-electron chi connectivity index (χ4n) is 2.86. The third kappa shape index (κ3) is 2.97. The number of amides is 1. The van der Waals surface area contributed by atoms with Crippen molar-refractivity contribution in [3.8, 4) is 0 Å². The summed E-state index contributed by atoms with van der Waals surface area (Å²) in [6.45, 7) is 2.04. The Morgan fingerprint density at radius 1 is 1.38 bits per heavy atom. The van der Waals surface area contributed by atoms with E-state index in [1.165, 1.54) is 24.2 Å². The van der Waals surface area contributed by atoms with Gasteiger partial charge in [-0.25, -0.2) is 4.98 Å². The van der Waals surface area contributed by atoms with E-state index in [0.717, 1.165) is 21.5 Å². The topological polar surface area (TPSA) is 74.8 Å². The fraction of sp³-hybridized carbons (Fsp3) is 0.278. The molecule has 0 unspecified atom stereocenters. The van der Waals surface area contributed by atoms with Gasteiger partial charge in [0.15, 0.2) is 5.13 Å². The number of benzene rings is 1. The second-order valence-corrected chi connectivity index (χ2v) is 7.37. The summed E-state index contributed by atoms with van der Waals surface area (Å²) in [6, 6.07) is 9.31. The Kier molecular flexibility index (Phi) is 3.69. The number of anilines is 1. The highest BCUT2D eigenvalue weighted by atomic mass is 32.1. The van der Waals surface area contributed by atoms with E-state index in [0.29, 0.717) is 16.6 Å². The zero-order valence-corrected chi connectivity index (χ0v) is 14.1. The zero-order valence-electron chi connectivity index (χ0n) is 13.3. The van der Waals surface area contributed by atoms with Gasteiger partial charge in [0, 0.05) is 21.9 Å². The van der Waals surface area contributed by atoms with Crippen LogP contribution in [0.5, 0.6) is 0 Å². The lowest BCUT2D eigenvalue weighted by atomic mass is 10.1. The molecule has 6 heteroatoms. The van der Waals surface area contributed by atoms with Crippen LogP contribution >= 0.6 is 11.3 Å². The van der Waals surface area contributed by atoms with Gasteiger partial charge in [0.05, 0.1) is 12.1 Å². The molecule has 2 aromatic heterocycles. The van der Waals surface area contributed by atoms with Crippen molar-refractivity contribution in [3.63, 3.8) is 0 Å². The molecular formula is C18H17N3O2S. The maximum absolute atomic E-state index is 12.3. The van der Waals surface area contributed by atoms with Crippen LogP contribution < -0.4 is 10.9 Å². The number of pyridine rings is 1. The molecule has 1 fully saturated rings. The number of hydrogen-bond acceptors (Lipinski definition) is 4. The van der Waals surface area contributed by atoms with Crippen LogP contribution in [0, 0.1) is 6.92 Å². The number of aromatic nitrogens is 2. The number of H-pyrrole nitrogens is 1. The fourth-order valence-corrected chi connectivity index (χ4v) is 3.77. The SMILES string of the molecule is Cc1sc(NC(=O)Cc2cc3ccccc3[nH]c2=O)nc1C1CC1. The third-order valence-electron chi connectivity index (χ3n) is 4.22. The van der Waals surface area contributed by atoms with Crippen LogP contribution in [0.4, 0.5) is 5.13 Å². The molecule has 0 radical (unpaired) electrons. The summed E-state index contributed by atoms with van der Waals surface area (Å²) < 4.78 is 0. The van der Waals surface area contributed by atoms with Crippen LogP contribution in [-0.4, -0.2) is 15.9 Å². The highest BCUT2D eigenvalue weighted by molar-refractivity contribution is 7.15. The first-order valence-electron chi connectivity index (χ1n) is 7.98. The van der Waals surface area contributed by atoms with Crippen LogP contribution in [0.3, 0.4) is 0 Å². The second-order valence-electron chi connectivity index (χ2n) is 6.17. The molecule has 0 aliphatic heterocycles. The van der Waals surface area contributed by atoms with E-state index in [1.807, 2.05) is 31.2 Å². The van der Waals surface area contributed by atoms with E-state index >= 15 is 0 Å². The van der Waals surface area contributed by atoms with Crippen molar-refractivity contribution in [2.75, 3.05) is 5.32 Å². The molecule has 2 N–H and O–H groups in total. The number of nitrogens with one attached hydrogen (secondary N) is 2. The van der Waals surface area contributed by atoms with Crippen molar-refractivity contribution in [3.05, 3.63) is 56.8 Å². The van der Waals surface area contributed by atoms with Gasteiger partial charge in [-0.1, -0.05) is 18.2 Å². The van der Waals surface area contributed by atoms with Crippen LogP contribution in [0.15, 0.2) is 35.1 Å². The van der Waals surface area contributed by atoms with Crippen molar-refractivity contribution < 1.29 is 4.79 Å². The van der Waals surface area contributed by atoms with Gasteiger partial charge in [-0.2, -0.15) is 0 Å². The minimum absolute atomic E-state index is 0.0392. The Morgan fingerprint density at radius 2 is 2.17 bits per heavy atom. The molecule has 0 saturated heterocycles. The summed E-state index contributed by atoms with van der Waals surface area (Å²) in [5, 5.41) is 4.36. The molecular weight excluding hydrogens is 322 g/mol. The van der Waals surface area contributed by atoms with Crippen molar-refractivity contribution in [1.29, 1.82) is 0 Å². The van der Waals surface area contributed by atoms with Crippen molar-refractivity contribution in [2.45, 2.75) is 32.1 Å². The first-order valence-corrected chi connectivity index (χ1v) is 8.80. The molecule has 122 valence electrons. The number of aromatic amines is 1. The Hall–Kier alpha value is -2.47. The summed E-state index contributed by atoms with van der Waals surface area (Å²) >= 11 is 1.50. The number of thiazole rings is 1. The molecule has 0 spiro atoms. The largest absolute Gasteiger partial charge is 0.322 e. The normalized spacial score (nSPS) is 14.0. The Balaban J connectivity index is 1.52. The second kappa shape index (κ2) is 5.87. The van der Waals surface area contributed by atoms with Gasteiger partial charge in [-0.3, -0.25) is 9.59 Å². The van der Waals surface area contributed by atoms with Crippen molar-refractivity contribution in [1.82, 2.24) is 9.97 Å². The number of para-hydroxylation sites is 1. The van der Waals surface area contributed by atoms with Gasteiger partial charge in [0.2, 0.25) is 5.91 Å². The van der Waals surface area contributed by atoms with Crippen LogP contribution in [-0.2, 0) is 11.2 Å². The number of carbonyl (C=O) groups is 1. The van der Waals surface area contributed by atoms with Gasteiger partial charge in [-0.15, -0.1) is 11.3 Å². The van der Waals surface area contributed by atoms with E-state index in [4.69, 9.17) is 0 Å². The minimum Gasteiger partial charge on any atom is -0.322 e. The molecule has 0 bridgehead atoms. The molecule has 2 heterocycles. The summed E-state index contributed by atoms with van der Waals surface area (Å²) in [4.78, 5) is 32.9. The number of nitrogens with zero attached hydrogens (tertiary/aromatic N) is 1. The maximum atomic E-state index is 12.3. The molecule has 5 nitrogen and oxygen atoms in total. The molecule has 1 aromatic carbocycles. The lowest BCUT2D eigenvalue weighted by Gasteiger charge is -2.03. The minimum atomic E-state index is -0.224. The Labute approximate surface area is 142 Å². The Bertz CT molecular complexity index is 985. The van der Waals surface area contributed by atoms with E-state index in [2.05, 4.69) is 15.3 Å². The average molecular weight is 339 g/mol. The lowest BCUT2D eigenvalue weighted by molar-refractivity contribution is -0.115. The number of carbonyl (C=O) groups excluding carboxylic acids is 1. The van der Waals surface area contributed by atoms with Gasteiger partial charge < -0.3 is 10.3 Å². The molecule has 3 aromatic rings. The smallest absolute Gasteiger partial charge is 0.252 e. The summed E-state index contributed by atoms with van der Waals surface area (Å²) in [6.07, 6.45) is 2.41. The number of hydrogen-bond donors (Lipinski definition) is 2. The standard InChI is InChI=1S/C18H17N3O2S/c1-10-16(11-6-7-11)21-18(24-10)20-15(22)9-13-8-12-4-2-3-5-14(12)19-17(13)23/h2-5,8,11H,6-7,9H2,1H3,(H,19,23)(H,20,21,22). The predicted molar refractivity (Wildman–Crippen MR) is 95.7 cm³/mol. The number of rotatable bonds is 4. The number of aryl methyl sites for hydroxylation is 1. The first-order chi connectivity index (χ1) is 11.6. The number of fused-ring (bicyclic) bond motifs is 1. The van der Waals surface area contributed by atoms with Gasteiger partial charge in [0.1, 0.15) is 0 Å². The Morgan fingerprint density at radius 3 is 2.96 bits per heavy atom. The summed E-state index contributed by atoms with van der Waals surface area (Å²) in [5.74, 6) is 0.349. The predicted octanol–water partition coefficient (Wildman–Crippen LogP) is 3.35. The molecule has 4 rings (SSSR count). The van der Waals surface area contributed by atoms with E-state index < -0.39 is 0 Å². The van der Waals surface area contributed by atoms with Crippen LogP contribution in [0.2, 0.25) is 0 Å². The summed E-state index contributed by atoms with van der Waals surface area (Å²) in [5.41, 5.74) is 2.12. The maximum Gasteiger partial charge on any atom is 0.252 e. The molecule has 1 saturated carbocycles. The quantitative estimate of drug-likeness (QED) is 0.765. The first kappa shape index (κ1) is 15.1. The van der Waals surface area contributed by atoms with Gasteiger partial charge >= 0.3 is 0 Å². The molecule has 24 heavy (non-hydrogen) atoms. The summed E-state index contributed by atoms with van der Waals surface area (Å²) in [7, 11) is 0. The lowest BCUT2D eigenvalue weighted by Crippen LogP contribution is -2.21. The van der Waals surface area contributed by atoms with Crippen molar-refractivity contribution in [2.24, 2.45) is 0 Å². The monoisotopic (exact) mass is 339 g/mol. The molecule has 1 aliphatic rings. The van der Waals surface area contributed by atoms with Crippen molar-refractivity contribution >= 4 is 33.3 Å². The van der Waals surface area contributed by atoms with Gasteiger partial charge in [-0.05, 0) is 37.3 Å². The molecule has 1 amide bonds. The van der Waals surface area contributed by atoms with E-state index in [9.17, 15) is 9.59 Å². The van der Waals surface area contributed by atoms with Gasteiger partial charge in [0.25, 0.3) is 5.56 Å². The molecule has 0 atom stereocenters. The average Bonchev–Trinajstić information content (AvgIpc) is 3.32. The highest BCUT2D eigenvalue weighted by Gasteiger charge is 2.28. The molecule has 1 aliphatic carbocycles. The zero-order chi connectivity index (χ0) is 16.7.